The topological polar surface area (TPSA) is 44.8 Å². The number of alkyl halides is 1. The molecule has 0 aromatic rings. The first-order valence-corrected chi connectivity index (χ1v) is 9.33. The predicted molar refractivity (Wildman–Crippen MR) is 86.6 cm³/mol. The van der Waals surface area contributed by atoms with Gasteiger partial charge in [0, 0.05) is 11.8 Å². The molecule has 5 heteroatoms. The van der Waals surface area contributed by atoms with Gasteiger partial charge in [-0.05, 0) is 19.8 Å². The first kappa shape index (κ1) is 18.9. The van der Waals surface area contributed by atoms with Crippen LogP contribution in [-0.2, 0) is 19.0 Å². The van der Waals surface area contributed by atoms with Gasteiger partial charge in [0.05, 0.1) is 6.61 Å². The highest BCUT2D eigenvalue weighted by molar-refractivity contribution is 9.09. The summed E-state index contributed by atoms with van der Waals surface area (Å²) in [6, 6.07) is 0. The molecule has 0 amide bonds. The van der Waals surface area contributed by atoms with E-state index in [0.29, 0.717) is 19.6 Å². The summed E-state index contributed by atoms with van der Waals surface area (Å²) in [5.74, 6) is -0.115. The van der Waals surface area contributed by atoms with Crippen molar-refractivity contribution in [3.8, 4) is 0 Å². The van der Waals surface area contributed by atoms with E-state index in [0.717, 1.165) is 18.2 Å². The van der Waals surface area contributed by atoms with Crippen LogP contribution in [-0.4, -0.2) is 36.9 Å². The molecule has 0 spiro atoms. The van der Waals surface area contributed by atoms with E-state index >= 15 is 0 Å². The molecule has 2 atom stereocenters. The maximum absolute atomic E-state index is 11.6. The van der Waals surface area contributed by atoms with Gasteiger partial charge in [0.15, 0.2) is 6.29 Å². The minimum absolute atomic E-state index is 0.0940. The van der Waals surface area contributed by atoms with Crippen LogP contribution >= 0.6 is 15.9 Å². The van der Waals surface area contributed by atoms with Gasteiger partial charge in [-0.25, -0.2) is 0 Å². The fourth-order valence-electron chi connectivity index (χ4n) is 2.36. The van der Waals surface area contributed by atoms with E-state index in [1.807, 2.05) is 6.92 Å². The van der Waals surface area contributed by atoms with Crippen molar-refractivity contribution in [2.45, 2.75) is 77.1 Å². The molecule has 0 N–H and O–H groups in total. The van der Waals surface area contributed by atoms with Gasteiger partial charge in [-0.3, -0.25) is 4.79 Å². The Hall–Kier alpha value is -0.130. The largest absolute Gasteiger partial charge is 0.463 e. The molecule has 1 rings (SSSR count). The summed E-state index contributed by atoms with van der Waals surface area (Å²) in [4.78, 5) is 11.6. The summed E-state index contributed by atoms with van der Waals surface area (Å²) in [5, 5.41) is 1.12. The van der Waals surface area contributed by atoms with Crippen LogP contribution < -0.4 is 0 Å². The van der Waals surface area contributed by atoms with Gasteiger partial charge in [0.2, 0.25) is 0 Å². The quantitative estimate of drug-likeness (QED) is 0.295. The number of hydrogen-bond acceptors (Lipinski definition) is 4. The fraction of sp³-hybridized carbons (Fsp3) is 0.938. The molecular weight excluding hydrogens is 336 g/mol. The van der Waals surface area contributed by atoms with Gasteiger partial charge in [-0.1, -0.05) is 54.5 Å². The third kappa shape index (κ3) is 10.3. The molecule has 1 heterocycles. The van der Waals surface area contributed by atoms with Crippen molar-refractivity contribution < 1.29 is 19.0 Å². The zero-order chi connectivity index (χ0) is 15.3. The molecule has 0 bridgehead atoms. The number of esters is 1. The highest BCUT2D eigenvalue weighted by atomic mass is 79.9. The minimum atomic E-state index is -0.178. The number of halogens is 1. The van der Waals surface area contributed by atoms with Gasteiger partial charge in [-0.2, -0.15) is 0 Å². The monoisotopic (exact) mass is 364 g/mol. The highest BCUT2D eigenvalue weighted by Crippen LogP contribution is 2.12. The molecule has 4 nitrogen and oxygen atoms in total. The van der Waals surface area contributed by atoms with E-state index in [2.05, 4.69) is 15.9 Å². The van der Waals surface area contributed by atoms with Gasteiger partial charge < -0.3 is 14.2 Å². The number of hydrogen-bond donors (Lipinski definition) is 0. The van der Waals surface area contributed by atoms with Gasteiger partial charge in [0.25, 0.3) is 0 Å². The van der Waals surface area contributed by atoms with Crippen molar-refractivity contribution in [1.82, 2.24) is 0 Å². The lowest BCUT2D eigenvalue weighted by atomic mass is 10.1. The van der Waals surface area contributed by atoms with Crippen molar-refractivity contribution in [2.75, 3.05) is 18.5 Å². The lowest BCUT2D eigenvalue weighted by Gasteiger charge is -2.09. The second-order valence-electron chi connectivity index (χ2n) is 5.61. The molecule has 2 unspecified atom stereocenters. The Morgan fingerprint density at radius 1 is 1.10 bits per heavy atom. The lowest BCUT2D eigenvalue weighted by Crippen LogP contribution is -2.21. The normalized spacial score (nSPS) is 21.6. The van der Waals surface area contributed by atoms with Crippen LogP contribution in [0, 0.1) is 0 Å². The van der Waals surface area contributed by atoms with Gasteiger partial charge >= 0.3 is 5.97 Å². The Morgan fingerprint density at radius 2 is 1.71 bits per heavy atom. The lowest BCUT2D eigenvalue weighted by molar-refractivity contribution is -0.147. The SMILES string of the molecule is CC1OCC(COC(=O)CCCCCCCCCCBr)O1. The first-order chi connectivity index (χ1) is 10.2. The van der Waals surface area contributed by atoms with Crippen molar-refractivity contribution >= 4 is 21.9 Å². The minimum Gasteiger partial charge on any atom is -0.463 e. The number of carbonyl (C=O) groups is 1. The third-order valence-corrected chi connectivity index (χ3v) is 4.16. The van der Waals surface area contributed by atoms with Crippen molar-refractivity contribution in [3.05, 3.63) is 0 Å². The van der Waals surface area contributed by atoms with E-state index in [1.54, 1.807) is 0 Å². The molecule has 0 aromatic heterocycles. The third-order valence-electron chi connectivity index (χ3n) is 3.60. The molecule has 1 saturated heterocycles. The highest BCUT2D eigenvalue weighted by Gasteiger charge is 2.23. The van der Waals surface area contributed by atoms with E-state index in [1.165, 1.54) is 38.5 Å². The Balaban J connectivity index is 1.83. The second kappa shape index (κ2) is 12.4. The maximum Gasteiger partial charge on any atom is 0.305 e. The van der Waals surface area contributed by atoms with E-state index in [4.69, 9.17) is 14.2 Å². The van der Waals surface area contributed by atoms with Crippen molar-refractivity contribution in [2.24, 2.45) is 0 Å². The van der Waals surface area contributed by atoms with Crippen LogP contribution in [0.1, 0.15) is 64.7 Å². The molecule has 0 aromatic carbocycles. The Morgan fingerprint density at radius 3 is 2.29 bits per heavy atom. The summed E-state index contributed by atoms with van der Waals surface area (Å²) in [6.45, 7) is 2.68. The fourth-order valence-corrected chi connectivity index (χ4v) is 2.76. The standard InChI is InChI=1S/C16H29BrO4/c1-14-19-12-15(21-14)13-20-16(18)10-8-6-4-2-3-5-7-9-11-17/h14-15H,2-13H2,1H3. The molecule has 124 valence electrons. The number of carbonyl (C=O) groups excluding carboxylic acids is 1. The first-order valence-electron chi connectivity index (χ1n) is 8.21. The molecule has 0 saturated carbocycles. The summed E-state index contributed by atoms with van der Waals surface area (Å²) in [6.07, 6.45) is 10.0. The Kier molecular flexibility index (Phi) is 11.2. The van der Waals surface area contributed by atoms with E-state index in [9.17, 15) is 4.79 Å². The summed E-state index contributed by atoms with van der Waals surface area (Å²) in [7, 11) is 0. The predicted octanol–water partition coefficient (Wildman–Crippen LogP) is 4.20. The average Bonchev–Trinajstić information content (AvgIpc) is 2.89. The smallest absolute Gasteiger partial charge is 0.305 e. The van der Waals surface area contributed by atoms with E-state index < -0.39 is 0 Å². The summed E-state index contributed by atoms with van der Waals surface area (Å²) >= 11 is 3.44. The number of rotatable bonds is 12. The average molecular weight is 365 g/mol. The maximum atomic E-state index is 11.6. The van der Waals surface area contributed by atoms with Gasteiger partial charge in [-0.15, -0.1) is 0 Å². The molecule has 1 aliphatic rings. The second-order valence-corrected chi connectivity index (χ2v) is 6.40. The van der Waals surface area contributed by atoms with Gasteiger partial charge in [0.1, 0.15) is 12.7 Å². The number of ether oxygens (including phenoxy) is 3. The summed E-state index contributed by atoms with van der Waals surface area (Å²) in [5.41, 5.74) is 0. The van der Waals surface area contributed by atoms with E-state index in [-0.39, 0.29) is 18.4 Å². The molecule has 1 aliphatic heterocycles. The molecule has 0 radical (unpaired) electrons. The van der Waals surface area contributed by atoms with Crippen LogP contribution in [0.2, 0.25) is 0 Å². The van der Waals surface area contributed by atoms with Crippen LogP contribution in [0.25, 0.3) is 0 Å². The zero-order valence-corrected chi connectivity index (χ0v) is 14.7. The summed E-state index contributed by atoms with van der Waals surface area (Å²) < 4.78 is 15.8. The van der Waals surface area contributed by atoms with Crippen molar-refractivity contribution in [3.63, 3.8) is 0 Å². The van der Waals surface area contributed by atoms with Crippen LogP contribution in [0.15, 0.2) is 0 Å². The van der Waals surface area contributed by atoms with Crippen LogP contribution in [0.4, 0.5) is 0 Å². The molecular formula is C16H29BrO4. The Labute approximate surface area is 137 Å². The zero-order valence-electron chi connectivity index (χ0n) is 13.2. The molecule has 21 heavy (non-hydrogen) atoms. The van der Waals surface area contributed by atoms with Crippen LogP contribution in [0.5, 0.6) is 0 Å². The molecule has 0 aliphatic carbocycles. The van der Waals surface area contributed by atoms with Crippen molar-refractivity contribution in [1.29, 1.82) is 0 Å². The number of unbranched alkanes of at least 4 members (excludes halogenated alkanes) is 7. The Bertz CT molecular complexity index is 273. The van der Waals surface area contributed by atoms with Crippen LogP contribution in [0.3, 0.4) is 0 Å². The molecule has 1 fully saturated rings.